The molecule has 6 heteroatoms. The molecule has 0 radical (unpaired) electrons. The van der Waals surface area contributed by atoms with Gasteiger partial charge in [0, 0.05) is 12.2 Å². The van der Waals surface area contributed by atoms with Crippen LogP contribution in [0, 0.1) is 18.7 Å². The summed E-state index contributed by atoms with van der Waals surface area (Å²) >= 11 is 0. The molecule has 3 rings (SSSR count). The molecular formula is C18H17FN2O3. The SMILES string of the molecule is Cc1ccc(N(CC2CC2)C(=O)c2cccc(C(=O)O)n2)cc1F. The quantitative estimate of drug-likeness (QED) is 0.914. The molecule has 5 nitrogen and oxygen atoms in total. The summed E-state index contributed by atoms with van der Waals surface area (Å²) in [4.78, 5) is 29.3. The van der Waals surface area contributed by atoms with E-state index in [1.807, 2.05) is 0 Å². The predicted octanol–water partition coefficient (Wildman–Crippen LogP) is 3.28. The fraction of sp³-hybridized carbons (Fsp3) is 0.278. The summed E-state index contributed by atoms with van der Waals surface area (Å²) in [6, 6.07) is 8.93. The number of aromatic carboxylic acids is 1. The molecule has 1 aliphatic carbocycles. The molecule has 2 aromatic rings. The molecule has 0 aliphatic heterocycles. The summed E-state index contributed by atoms with van der Waals surface area (Å²) in [5.41, 5.74) is 0.806. The van der Waals surface area contributed by atoms with E-state index in [1.165, 1.54) is 29.2 Å². The van der Waals surface area contributed by atoms with Crippen molar-refractivity contribution in [2.75, 3.05) is 11.4 Å². The maximum Gasteiger partial charge on any atom is 0.354 e. The fourth-order valence-corrected chi connectivity index (χ4v) is 2.43. The molecule has 1 aromatic carbocycles. The van der Waals surface area contributed by atoms with E-state index in [0.717, 1.165) is 12.8 Å². The van der Waals surface area contributed by atoms with Crippen LogP contribution in [0.2, 0.25) is 0 Å². The largest absolute Gasteiger partial charge is 0.477 e. The highest BCUT2D eigenvalue weighted by Gasteiger charge is 2.29. The van der Waals surface area contributed by atoms with Gasteiger partial charge in [0.25, 0.3) is 5.91 Å². The number of nitrogens with zero attached hydrogens (tertiary/aromatic N) is 2. The summed E-state index contributed by atoms with van der Waals surface area (Å²) in [7, 11) is 0. The number of hydrogen-bond acceptors (Lipinski definition) is 3. The molecule has 1 saturated carbocycles. The van der Waals surface area contributed by atoms with Gasteiger partial charge in [0.05, 0.1) is 0 Å². The number of amides is 1. The summed E-state index contributed by atoms with van der Waals surface area (Å²) in [6.45, 7) is 2.13. The Morgan fingerprint density at radius 2 is 1.96 bits per heavy atom. The molecule has 0 atom stereocenters. The van der Waals surface area contributed by atoms with Crippen LogP contribution in [0.1, 0.15) is 39.4 Å². The summed E-state index contributed by atoms with van der Waals surface area (Å²) < 4.78 is 13.9. The molecule has 0 saturated heterocycles. The fourth-order valence-electron chi connectivity index (χ4n) is 2.43. The zero-order valence-corrected chi connectivity index (χ0v) is 13.2. The Hall–Kier alpha value is -2.76. The molecule has 1 aromatic heterocycles. The van der Waals surface area contributed by atoms with Crippen molar-refractivity contribution in [1.82, 2.24) is 4.98 Å². The highest BCUT2D eigenvalue weighted by Crippen LogP contribution is 2.32. The molecule has 1 N–H and O–H groups in total. The van der Waals surface area contributed by atoms with E-state index in [1.54, 1.807) is 19.1 Å². The van der Waals surface area contributed by atoms with Gasteiger partial charge in [-0.15, -0.1) is 0 Å². The number of rotatable bonds is 5. The summed E-state index contributed by atoms with van der Waals surface area (Å²) in [6.07, 6.45) is 2.06. The zero-order chi connectivity index (χ0) is 17.3. The number of aryl methyl sites for hydroxylation is 1. The Morgan fingerprint density at radius 1 is 1.25 bits per heavy atom. The van der Waals surface area contributed by atoms with Gasteiger partial charge < -0.3 is 10.0 Å². The van der Waals surface area contributed by atoms with Gasteiger partial charge in [-0.05, 0) is 55.5 Å². The lowest BCUT2D eigenvalue weighted by Gasteiger charge is -2.23. The maximum absolute atomic E-state index is 13.9. The van der Waals surface area contributed by atoms with Gasteiger partial charge in [-0.1, -0.05) is 12.1 Å². The molecule has 1 fully saturated rings. The topological polar surface area (TPSA) is 70.5 Å². The number of pyridine rings is 1. The van der Waals surface area contributed by atoms with Gasteiger partial charge in [0.2, 0.25) is 0 Å². The van der Waals surface area contributed by atoms with Crippen molar-refractivity contribution in [3.05, 3.63) is 59.2 Å². The van der Waals surface area contributed by atoms with Crippen molar-refractivity contribution in [3.8, 4) is 0 Å². The van der Waals surface area contributed by atoms with Crippen LogP contribution in [0.25, 0.3) is 0 Å². The van der Waals surface area contributed by atoms with E-state index in [2.05, 4.69) is 4.98 Å². The molecule has 0 bridgehead atoms. The van der Waals surface area contributed by atoms with Crippen molar-refractivity contribution in [2.45, 2.75) is 19.8 Å². The van der Waals surface area contributed by atoms with Crippen LogP contribution in [-0.2, 0) is 0 Å². The summed E-state index contributed by atoms with van der Waals surface area (Å²) in [5.74, 6) is -1.61. The highest BCUT2D eigenvalue weighted by molar-refractivity contribution is 6.05. The van der Waals surface area contributed by atoms with Crippen LogP contribution in [-0.4, -0.2) is 28.5 Å². The standard InChI is InChI=1S/C18H17FN2O3/c1-11-5-8-13(9-14(11)19)21(10-12-6-7-12)17(22)15-3-2-4-16(20-15)18(23)24/h2-5,8-9,12H,6-7,10H2,1H3,(H,23,24). The van der Waals surface area contributed by atoms with Crippen molar-refractivity contribution >= 4 is 17.6 Å². The second kappa shape index (κ2) is 6.39. The summed E-state index contributed by atoms with van der Waals surface area (Å²) in [5, 5.41) is 9.03. The lowest BCUT2D eigenvalue weighted by Crippen LogP contribution is -2.34. The van der Waals surface area contributed by atoms with Crippen molar-refractivity contribution in [1.29, 1.82) is 0 Å². The van der Waals surface area contributed by atoms with Gasteiger partial charge in [0.1, 0.15) is 17.2 Å². The highest BCUT2D eigenvalue weighted by atomic mass is 19.1. The van der Waals surface area contributed by atoms with Crippen molar-refractivity contribution < 1.29 is 19.1 Å². The zero-order valence-electron chi connectivity index (χ0n) is 13.2. The Labute approximate surface area is 138 Å². The second-order valence-electron chi connectivity index (χ2n) is 6.01. The van der Waals surface area contributed by atoms with Gasteiger partial charge in [-0.2, -0.15) is 0 Å². The van der Waals surface area contributed by atoms with E-state index >= 15 is 0 Å². The molecule has 0 spiro atoms. The van der Waals surface area contributed by atoms with E-state index in [-0.39, 0.29) is 17.2 Å². The number of hydrogen-bond donors (Lipinski definition) is 1. The third-order valence-corrected chi connectivity index (χ3v) is 4.04. The van der Waals surface area contributed by atoms with Gasteiger partial charge in [-0.25, -0.2) is 14.2 Å². The number of anilines is 1. The van der Waals surface area contributed by atoms with Crippen LogP contribution >= 0.6 is 0 Å². The second-order valence-corrected chi connectivity index (χ2v) is 6.01. The third-order valence-electron chi connectivity index (χ3n) is 4.04. The Morgan fingerprint density at radius 3 is 2.58 bits per heavy atom. The Kier molecular flexibility index (Phi) is 4.29. The molecule has 1 heterocycles. The first-order valence-corrected chi connectivity index (χ1v) is 7.74. The van der Waals surface area contributed by atoms with E-state index in [4.69, 9.17) is 5.11 Å². The van der Waals surface area contributed by atoms with Crippen LogP contribution in [0.5, 0.6) is 0 Å². The average molecular weight is 328 g/mol. The number of halogens is 1. The first-order chi connectivity index (χ1) is 11.5. The number of aromatic nitrogens is 1. The third kappa shape index (κ3) is 3.42. The van der Waals surface area contributed by atoms with Crippen LogP contribution < -0.4 is 4.90 Å². The lowest BCUT2D eigenvalue weighted by atomic mass is 10.1. The monoisotopic (exact) mass is 328 g/mol. The van der Waals surface area contributed by atoms with E-state index < -0.39 is 11.9 Å². The van der Waals surface area contributed by atoms with Crippen molar-refractivity contribution in [2.24, 2.45) is 5.92 Å². The van der Waals surface area contributed by atoms with Crippen LogP contribution in [0.4, 0.5) is 10.1 Å². The van der Waals surface area contributed by atoms with E-state index in [0.29, 0.717) is 23.7 Å². The molecule has 124 valence electrons. The Bertz CT molecular complexity index is 803. The minimum absolute atomic E-state index is 0.0385. The average Bonchev–Trinajstić information content (AvgIpc) is 3.39. The normalized spacial score (nSPS) is 13.6. The number of carboxylic acid groups (broad SMARTS) is 1. The molecule has 24 heavy (non-hydrogen) atoms. The van der Waals surface area contributed by atoms with Gasteiger partial charge >= 0.3 is 5.97 Å². The van der Waals surface area contributed by atoms with Gasteiger partial charge in [-0.3, -0.25) is 4.79 Å². The van der Waals surface area contributed by atoms with E-state index in [9.17, 15) is 14.0 Å². The first kappa shape index (κ1) is 16.1. The first-order valence-electron chi connectivity index (χ1n) is 7.74. The molecular weight excluding hydrogens is 311 g/mol. The number of carbonyl (C=O) groups is 2. The number of benzene rings is 1. The van der Waals surface area contributed by atoms with Crippen LogP contribution in [0.15, 0.2) is 36.4 Å². The lowest BCUT2D eigenvalue weighted by molar-refractivity contribution is 0.0690. The Balaban J connectivity index is 1.95. The van der Waals surface area contributed by atoms with Crippen LogP contribution in [0.3, 0.4) is 0 Å². The minimum atomic E-state index is -1.19. The molecule has 0 unspecified atom stereocenters. The predicted molar refractivity (Wildman–Crippen MR) is 86.7 cm³/mol. The number of carbonyl (C=O) groups excluding carboxylic acids is 1. The molecule has 1 aliphatic rings. The maximum atomic E-state index is 13.9. The van der Waals surface area contributed by atoms with Crippen molar-refractivity contribution in [3.63, 3.8) is 0 Å². The van der Waals surface area contributed by atoms with Gasteiger partial charge in [0.15, 0.2) is 0 Å². The minimum Gasteiger partial charge on any atom is -0.477 e. The number of carboxylic acids is 1. The molecule has 1 amide bonds. The smallest absolute Gasteiger partial charge is 0.354 e.